The summed E-state index contributed by atoms with van der Waals surface area (Å²) < 4.78 is 45.5. The minimum atomic E-state index is -3.66. The van der Waals surface area contributed by atoms with Crippen LogP contribution in [0.3, 0.4) is 0 Å². The standard InChI is InChI=1S/C20H26FN3O4S/c1-13(20(25)22-12-16-5-4-6-18(21)11-16)17-7-9-24(10-8-17)29(26,27)19-14(2)23-28-15(19)3/h4-6,11,13,17H,7-10,12H2,1-3H3,(H,22,25). The number of benzene rings is 1. The Labute approximate surface area is 170 Å². The molecule has 1 aromatic carbocycles. The predicted molar refractivity (Wildman–Crippen MR) is 105 cm³/mol. The number of nitrogens with zero attached hydrogens (tertiary/aromatic N) is 2. The molecule has 1 aliphatic rings. The zero-order chi connectivity index (χ0) is 21.2. The van der Waals surface area contributed by atoms with Crippen LogP contribution in [0.25, 0.3) is 0 Å². The highest BCUT2D eigenvalue weighted by Gasteiger charge is 2.36. The first-order valence-electron chi connectivity index (χ1n) is 9.65. The summed E-state index contributed by atoms with van der Waals surface area (Å²) in [6.07, 6.45) is 1.19. The number of aromatic nitrogens is 1. The van der Waals surface area contributed by atoms with Gasteiger partial charge in [-0.2, -0.15) is 4.31 Å². The fraction of sp³-hybridized carbons (Fsp3) is 0.500. The summed E-state index contributed by atoms with van der Waals surface area (Å²) in [7, 11) is -3.66. The SMILES string of the molecule is Cc1noc(C)c1S(=O)(=O)N1CCC(C(C)C(=O)NCc2cccc(F)c2)CC1. The van der Waals surface area contributed by atoms with E-state index in [9.17, 15) is 17.6 Å². The lowest BCUT2D eigenvalue weighted by molar-refractivity contribution is -0.126. The second-order valence-electron chi connectivity index (χ2n) is 7.53. The highest BCUT2D eigenvalue weighted by Crippen LogP contribution is 2.30. The monoisotopic (exact) mass is 423 g/mol. The summed E-state index contributed by atoms with van der Waals surface area (Å²) in [5, 5.41) is 6.58. The number of amides is 1. The Morgan fingerprint density at radius 3 is 2.62 bits per heavy atom. The number of rotatable bonds is 6. The van der Waals surface area contributed by atoms with Gasteiger partial charge in [0.15, 0.2) is 5.76 Å². The van der Waals surface area contributed by atoms with E-state index >= 15 is 0 Å². The van der Waals surface area contributed by atoms with E-state index in [1.807, 2.05) is 6.92 Å². The second kappa shape index (κ2) is 8.62. The van der Waals surface area contributed by atoms with Gasteiger partial charge in [0.2, 0.25) is 15.9 Å². The van der Waals surface area contributed by atoms with Crippen molar-refractivity contribution in [2.24, 2.45) is 11.8 Å². The molecule has 0 saturated carbocycles. The number of carbonyl (C=O) groups is 1. The Morgan fingerprint density at radius 2 is 2.03 bits per heavy atom. The van der Waals surface area contributed by atoms with E-state index in [1.165, 1.54) is 16.4 Å². The van der Waals surface area contributed by atoms with Gasteiger partial charge in [-0.05, 0) is 50.3 Å². The van der Waals surface area contributed by atoms with Crippen molar-refractivity contribution in [3.05, 3.63) is 47.1 Å². The topological polar surface area (TPSA) is 92.5 Å². The Hall–Kier alpha value is -2.26. The smallest absolute Gasteiger partial charge is 0.248 e. The third-order valence-electron chi connectivity index (χ3n) is 5.54. The lowest BCUT2D eigenvalue weighted by Crippen LogP contribution is -2.42. The quantitative estimate of drug-likeness (QED) is 0.771. The zero-order valence-electron chi connectivity index (χ0n) is 16.8. The van der Waals surface area contributed by atoms with Crippen molar-refractivity contribution in [1.29, 1.82) is 0 Å². The third kappa shape index (κ3) is 4.67. The molecular formula is C20H26FN3O4S. The zero-order valence-corrected chi connectivity index (χ0v) is 17.6. The van der Waals surface area contributed by atoms with Gasteiger partial charge in [-0.15, -0.1) is 0 Å². The average molecular weight is 424 g/mol. The lowest BCUT2D eigenvalue weighted by Gasteiger charge is -2.33. The third-order valence-corrected chi connectivity index (χ3v) is 7.68. The molecule has 2 heterocycles. The molecule has 7 nitrogen and oxygen atoms in total. The van der Waals surface area contributed by atoms with Gasteiger partial charge in [0.05, 0.1) is 0 Å². The molecule has 1 amide bonds. The summed E-state index contributed by atoms with van der Waals surface area (Å²) in [6, 6.07) is 6.11. The van der Waals surface area contributed by atoms with Gasteiger partial charge in [-0.25, -0.2) is 12.8 Å². The molecule has 9 heteroatoms. The number of aryl methyl sites for hydroxylation is 2. The number of halogens is 1. The number of nitrogens with one attached hydrogen (secondary N) is 1. The molecule has 0 radical (unpaired) electrons. The largest absolute Gasteiger partial charge is 0.360 e. The molecule has 0 bridgehead atoms. The van der Waals surface area contributed by atoms with Crippen molar-refractivity contribution >= 4 is 15.9 Å². The van der Waals surface area contributed by atoms with Crippen molar-refractivity contribution in [3.63, 3.8) is 0 Å². The van der Waals surface area contributed by atoms with Crippen LogP contribution >= 0.6 is 0 Å². The van der Waals surface area contributed by atoms with Gasteiger partial charge < -0.3 is 9.84 Å². The van der Waals surface area contributed by atoms with Crippen LogP contribution in [0.4, 0.5) is 4.39 Å². The van der Waals surface area contributed by atoms with Gasteiger partial charge in [0.1, 0.15) is 16.4 Å². The first-order valence-corrected chi connectivity index (χ1v) is 11.1. The molecule has 1 atom stereocenters. The molecule has 3 rings (SSSR count). The van der Waals surface area contributed by atoms with Crippen molar-refractivity contribution < 1.29 is 22.1 Å². The Bertz CT molecular complexity index is 962. The van der Waals surface area contributed by atoms with Gasteiger partial charge in [-0.3, -0.25) is 4.79 Å². The van der Waals surface area contributed by atoms with Crippen LogP contribution in [0, 0.1) is 31.5 Å². The lowest BCUT2D eigenvalue weighted by atomic mass is 9.85. The Kier molecular flexibility index (Phi) is 6.38. The molecule has 0 aliphatic carbocycles. The van der Waals surface area contributed by atoms with E-state index in [1.54, 1.807) is 26.0 Å². The van der Waals surface area contributed by atoms with E-state index in [0.717, 1.165) is 0 Å². The maximum atomic E-state index is 13.2. The maximum absolute atomic E-state index is 13.2. The first-order chi connectivity index (χ1) is 13.7. The van der Waals surface area contributed by atoms with Crippen molar-refractivity contribution in [3.8, 4) is 0 Å². The normalized spacial score (nSPS) is 17.2. The summed E-state index contributed by atoms with van der Waals surface area (Å²) in [4.78, 5) is 12.6. The Balaban J connectivity index is 1.56. The molecule has 1 unspecified atom stereocenters. The second-order valence-corrected chi connectivity index (χ2v) is 9.41. The van der Waals surface area contributed by atoms with Crippen molar-refractivity contribution in [1.82, 2.24) is 14.8 Å². The predicted octanol–water partition coefficient (Wildman–Crippen LogP) is 2.78. The van der Waals surface area contributed by atoms with Crippen LogP contribution in [-0.4, -0.2) is 36.9 Å². The van der Waals surface area contributed by atoms with E-state index in [0.29, 0.717) is 37.2 Å². The van der Waals surface area contributed by atoms with Crippen LogP contribution in [0.15, 0.2) is 33.7 Å². The van der Waals surface area contributed by atoms with Crippen LogP contribution in [-0.2, 0) is 21.4 Å². The van der Waals surface area contributed by atoms with Crippen LogP contribution in [0.5, 0.6) is 0 Å². The molecule has 1 aromatic heterocycles. The van der Waals surface area contributed by atoms with Crippen LogP contribution in [0.2, 0.25) is 0 Å². The molecular weight excluding hydrogens is 397 g/mol. The van der Waals surface area contributed by atoms with Gasteiger partial charge in [0, 0.05) is 25.6 Å². The molecule has 158 valence electrons. The highest BCUT2D eigenvalue weighted by atomic mass is 32.2. The fourth-order valence-corrected chi connectivity index (χ4v) is 5.56. The number of carbonyl (C=O) groups excluding carboxylic acids is 1. The van der Waals surface area contributed by atoms with Gasteiger partial charge in [0.25, 0.3) is 0 Å². The van der Waals surface area contributed by atoms with E-state index < -0.39 is 10.0 Å². The summed E-state index contributed by atoms with van der Waals surface area (Å²) in [5.74, 6) is -0.334. The Morgan fingerprint density at radius 1 is 1.34 bits per heavy atom. The number of hydrogen-bond donors (Lipinski definition) is 1. The number of piperidine rings is 1. The van der Waals surface area contributed by atoms with Gasteiger partial charge in [-0.1, -0.05) is 24.2 Å². The first kappa shape index (κ1) is 21.4. The highest BCUT2D eigenvalue weighted by molar-refractivity contribution is 7.89. The molecule has 29 heavy (non-hydrogen) atoms. The van der Waals surface area contributed by atoms with Crippen LogP contribution in [0.1, 0.15) is 36.8 Å². The molecule has 1 aliphatic heterocycles. The van der Waals surface area contributed by atoms with Crippen molar-refractivity contribution in [2.45, 2.75) is 45.1 Å². The van der Waals surface area contributed by atoms with E-state index in [-0.39, 0.29) is 40.8 Å². The number of hydrogen-bond acceptors (Lipinski definition) is 5. The van der Waals surface area contributed by atoms with Crippen LogP contribution < -0.4 is 5.32 Å². The summed E-state index contributed by atoms with van der Waals surface area (Å²) in [6.45, 7) is 6.01. The summed E-state index contributed by atoms with van der Waals surface area (Å²) in [5.41, 5.74) is 1.06. The minimum absolute atomic E-state index is 0.0821. The van der Waals surface area contributed by atoms with E-state index in [4.69, 9.17) is 4.52 Å². The number of sulfonamides is 1. The molecule has 0 spiro atoms. The maximum Gasteiger partial charge on any atom is 0.248 e. The molecule has 1 saturated heterocycles. The van der Waals surface area contributed by atoms with Gasteiger partial charge >= 0.3 is 0 Å². The van der Waals surface area contributed by atoms with E-state index in [2.05, 4.69) is 10.5 Å². The summed E-state index contributed by atoms with van der Waals surface area (Å²) >= 11 is 0. The van der Waals surface area contributed by atoms with Crippen molar-refractivity contribution in [2.75, 3.05) is 13.1 Å². The minimum Gasteiger partial charge on any atom is -0.360 e. The molecule has 1 N–H and O–H groups in total. The molecule has 1 fully saturated rings. The fourth-order valence-electron chi connectivity index (χ4n) is 3.80. The average Bonchev–Trinajstić information content (AvgIpc) is 3.04. The molecule has 2 aromatic rings.